The highest BCUT2D eigenvalue weighted by atomic mass is 79.9. The van der Waals surface area contributed by atoms with E-state index in [4.69, 9.17) is 4.74 Å². The lowest BCUT2D eigenvalue weighted by Gasteiger charge is -2.15. The highest BCUT2D eigenvalue weighted by Gasteiger charge is 2.48. The van der Waals surface area contributed by atoms with Crippen LogP contribution in [-0.4, -0.2) is 26.6 Å². The van der Waals surface area contributed by atoms with Gasteiger partial charge in [0.1, 0.15) is 5.75 Å². The Kier molecular flexibility index (Phi) is 4.47. The van der Waals surface area contributed by atoms with E-state index in [1.54, 1.807) is 7.11 Å². The van der Waals surface area contributed by atoms with Crippen molar-refractivity contribution in [2.75, 3.05) is 20.7 Å². The number of halogens is 1. The quantitative estimate of drug-likeness (QED) is 0.841. The molecule has 2 N–H and O–H groups in total. The lowest BCUT2D eigenvalue weighted by Crippen LogP contribution is -2.37. The maximum absolute atomic E-state index is 12.1. The molecule has 0 atom stereocenters. The maximum Gasteiger partial charge on any atom is 0.227 e. The van der Waals surface area contributed by atoms with Crippen molar-refractivity contribution in [1.82, 2.24) is 10.6 Å². The molecule has 4 nitrogen and oxygen atoms in total. The lowest BCUT2D eigenvalue weighted by molar-refractivity contribution is -0.126. The summed E-state index contributed by atoms with van der Waals surface area (Å²) in [6.45, 7) is 1.30. The Morgan fingerprint density at radius 1 is 1.47 bits per heavy atom. The van der Waals surface area contributed by atoms with Crippen LogP contribution in [0.5, 0.6) is 5.75 Å². The Morgan fingerprint density at radius 3 is 2.74 bits per heavy atom. The predicted molar refractivity (Wildman–Crippen MR) is 78.1 cm³/mol. The lowest BCUT2D eigenvalue weighted by atomic mass is 10.1. The SMILES string of the molecule is CNCC1(C(=O)NCc2ccc(OC)c(Br)c2)CC1. The summed E-state index contributed by atoms with van der Waals surface area (Å²) in [7, 11) is 3.52. The molecule has 19 heavy (non-hydrogen) atoms. The van der Waals surface area contributed by atoms with E-state index in [1.165, 1.54) is 0 Å². The molecule has 0 aromatic heterocycles. The van der Waals surface area contributed by atoms with E-state index >= 15 is 0 Å². The van der Waals surface area contributed by atoms with Crippen molar-refractivity contribution in [3.8, 4) is 5.75 Å². The molecule has 1 aromatic rings. The highest BCUT2D eigenvalue weighted by Crippen LogP contribution is 2.45. The van der Waals surface area contributed by atoms with Crippen molar-refractivity contribution in [2.45, 2.75) is 19.4 Å². The molecule has 2 rings (SSSR count). The molecule has 0 aliphatic heterocycles. The van der Waals surface area contributed by atoms with Crippen LogP contribution in [0.15, 0.2) is 22.7 Å². The van der Waals surface area contributed by atoms with Gasteiger partial charge < -0.3 is 15.4 Å². The van der Waals surface area contributed by atoms with Crippen LogP contribution in [0.4, 0.5) is 0 Å². The molecule has 0 unspecified atom stereocenters. The van der Waals surface area contributed by atoms with E-state index in [0.29, 0.717) is 6.54 Å². The molecule has 1 aliphatic carbocycles. The van der Waals surface area contributed by atoms with Crippen molar-refractivity contribution in [2.24, 2.45) is 5.41 Å². The normalized spacial score (nSPS) is 15.9. The van der Waals surface area contributed by atoms with Gasteiger partial charge in [0.2, 0.25) is 5.91 Å². The second-order valence-corrected chi connectivity index (χ2v) is 5.82. The zero-order valence-electron chi connectivity index (χ0n) is 11.3. The monoisotopic (exact) mass is 326 g/mol. The number of hydrogen-bond acceptors (Lipinski definition) is 3. The zero-order valence-corrected chi connectivity index (χ0v) is 12.8. The Labute approximate surface area is 122 Å². The topological polar surface area (TPSA) is 50.4 Å². The van der Waals surface area contributed by atoms with Crippen LogP contribution in [0.3, 0.4) is 0 Å². The fourth-order valence-corrected chi connectivity index (χ4v) is 2.75. The molecule has 0 radical (unpaired) electrons. The predicted octanol–water partition coefficient (Wildman–Crippen LogP) is 2.07. The van der Waals surface area contributed by atoms with E-state index in [0.717, 1.165) is 35.2 Å². The summed E-state index contributed by atoms with van der Waals surface area (Å²) in [4.78, 5) is 12.1. The van der Waals surface area contributed by atoms with Crippen LogP contribution >= 0.6 is 15.9 Å². The summed E-state index contributed by atoms with van der Waals surface area (Å²) in [6.07, 6.45) is 1.96. The van der Waals surface area contributed by atoms with Gasteiger partial charge in [-0.25, -0.2) is 0 Å². The average molecular weight is 327 g/mol. The maximum atomic E-state index is 12.1. The third-order valence-electron chi connectivity index (χ3n) is 3.52. The Bertz CT molecular complexity index is 473. The summed E-state index contributed by atoms with van der Waals surface area (Å²) < 4.78 is 6.08. The third-order valence-corrected chi connectivity index (χ3v) is 4.14. The van der Waals surface area contributed by atoms with Crippen LogP contribution in [0.2, 0.25) is 0 Å². The number of amides is 1. The number of carbonyl (C=O) groups is 1. The first kappa shape index (κ1) is 14.3. The first-order chi connectivity index (χ1) is 9.11. The molecule has 0 bridgehead atoms. The molecule has 1 fully saturated rings. The molecule has 0 saturated heterocycles. The number of carbonyl (C=O) groups excluding carboxylic acids is 1. The van der Waals surface area contributed by atoms with Gasteiger partial charge >= 0.3 is 0 Å². The third kappa shape index (κ3) is 3.28. The van der Waals surface area contributed by atoms with Crippen LogP contribution in [0.25, 0.3) is 0 Å². The number of hydrogen-bond donors (Lipinski definition) is 2. The first-order valence-corrected chi connectivity index (χ1v) is 7.16. The number of nitrogens with one attached hydrogen (secondary N) is 2. The van der Waals surface area contributed by atoms with Crippen molar-refractivity contribution in [1.29, 1.82) is 0 Å². The molecule has 0 spiro atoms. The van der Waals surface area contributed by atoms with Crippen LogP contribution in [-0.2, 0) is 11.3 Å². The first-order valence-electron chi connectivity index (χ1n) is 6.36. The highest BCUT2D eigenvalue weighted by molar-refractivity contribution is 9.10. The molecule has 1 aromatic carbocycles. The fraction of sp³-hybridized carbons (Fsp3) is 0.500. The minimum absolute atomic E-state index is 0.147. The number of methoxy groups -OCH3 is 1. The van der Waals surface area contributed by atoms with Crippen LogP contribution < -0.4 is 15.4 Å². The standard InChI is InChI=1S/C14H19BrN2O2/c1-16-9-14(5-6-14)13(18)17-8-10-3-4-12(19-2)11(15)7-10/h3-4,7,16H,5-6,8-9H2,1-2H3,(H,17,18). The second-order valence-electron chi connectivity index (χ2n) is 4.96. The molecule has 1 aliphatic rings. The number of ether oxygens (including phenoxy) is 1. The Balaban J connectivity index is 1.92. The van der Waals surface area contributed by atoms with E-state index in [-0.39, 0.29) is 11.3 Å². The molecule has 1 saturated carbocycles. The van der Waals surface area contributed by atoms with Gasteiger partial charge in [-0.2, -0.15) is 0 Å². The van der Waals surface area contributed by atoms with Gasteiger partial charge in [0.15, 0.2) is 0 Å². The van der Waals surface area contributed by atoms with Crippen molar-refractivity contribution >= 4 is 21.8 Å². The minimum Gasteiger partial charge on any atom is -0.496 e. The van der Waals surface area contributed by atoms with Crippen LogP contribution in [0, 0.1) is 5.41 Å². The summed E-state index contributed by atoms with van der Waals surface area (Å²) in [6, 6.07) is 5.82. The van der Waals surface area contributed by atoms with Gasteiger partial charge in [-0.1, -0.05) is 6.07 Å². The molecular formula is C14H19BrN2O2. The smallest absolute Gasteiger partial charge is 0.227 e. The minimum atomic E-state index is -0.168. The molecule has 5 heteroatoms. The zero-order chi connectivity index (χ0) is 13.9. The molecule has 0 heterocycles. The van der Waals surface area contributed by atoms with E-state index in [2.05, 4.69) is 26.6 Å². The van der Waals surface area contributed by atoms with Crippen LogP contribution in [0.1, 0.15) is 18.4 Å². The van der Waals surface area contributed by atoms with Gasteiger partial charge in [0.05, 0.1) is 17.0 Å². The summed E-state index contributed by atoms with van der Waals surface area (Å²) in [5.74, 6) is 0.942. The second kappa shape index (κ2) is 5.92. The van der Waals surface area contributed by atoms with E-state index in [1.807, 2.05) is 25.2 Å². The van der Waals surface area contributed by atoms with Gasteiger partial charge in [-0.05, 0) is 53.5 Å². The summed E-state index contributed by atoms with van der Waals surface area (Å²) >= 11 is 3.44. The van der Waals surface area contributed by atoms with Crippen molar-refractivity contribution < 1.29 is 9.53 Å². The van der Waals surface area contributed by atoms with E-state index in [9.17, 15) is 4.79 Å². The molecule has 1 amide bonds. The van der Waals surface area contributed by atoms with Gasteiger partial charge in [-0.15, -0.1) is 0 Å². The summed E-state index contributed by atoms with van der Waals surface area (Å²) in [5, 5.41) is 6.10. The number of rotatable bonds is 6. The molecule has 104 valence electrons. The largest absolute Gasteiger partial charge is 0.496 e. The Hall–Kier alpha value is -1.07. The number of benzene rings is 1. The Morgan fingerprint density at radius 2 is 2.21 bits per heavy atom. The summed E-state index contributed by atoms with van der Waals surface area (Å²) in [5.41, 5.74) is 0.889. The average Bonchev–Trinajstić information content (AvgIpc) is 3.17. The van der Waals surface area contributed by atoms with Crippen molar-refractivity contribution in [3.63, 3.8) is 0 Å². The van der Waals surface area contributed by atoms with Gasteiger partial charge in [0, 0.05) is 13.1 Å². The molecular weight excluding hydrogens is 308 g/mol. The van der Waals surface area contributed by atoms with Gasteiger partial charge in [-0.3, -0.25) is 4.79 Å². The van der Waals surface area contributed by atoms with Crippen molar-refractivity contribution in [3.05, 3.63) is 28.2 Å². The van der Waals surface area contributed by atoms with Gasteiger partial charge in [0.25, 0.3) is 0 Å². The fourth-order valence-electron chi connectivity index (χ4n) is 2.16. The van der Waals surface area contributed by atoms with E-state index < -0.39 is 0 Å².